The van der Waals surface area contributed by atoms with Gasteiger partial charge in [0.1, 0.15) is 0 Å². The maximum atomic E-state index is 12.3. The summed E-state index contributed by atoms with van der Waals surface area (Å²) in [7, 11) is -3.19. The molecule has 0 unspecified atom stereocenters. The molecule has 2 heterocycles. The first-order valence-corrected chi connectivity index (χ1v) is 13.1. The molecule has 1 aromatic rings. The Bertz CT molecular complexity index is 863. The standard InChI is InChI=1S/C20H30Cl2N4O4S/c1-31(28,29)24-16-4-6-25(7-5-16)14-20(27)23-11-17-13-26(8-9-30-17)12-15-2-3-18(21)19(22)10-15/h2-3,10,16-17,24H,4-9,11-14H2,1H3,(H,23,27)/t17-/m0/s1. The van der Waals surface area contributed by atoms with Gasteiger partial charge in [-0.1, -0.05) is 29.3 Å². The van der Waals surface area contributed by atoms with Crippen LogP contribution in [0.3, 0.4) is 0 Å². The molecular weight excluding hydrogens is 463 g/mol. The minimum absolute atomic E-state index is 0.0419. The number of carbonyl (C=O) groups excluding carboxylic acids is 1. The Morgan fingerprint density at radius 1 is 1.16 bits per heavy atom. The van der Waals surface area contributed by atoms with Crippen LogP contribution in [-0.4, -0.2) is 88.4 Å². The molecule has 2 saturated heterocycles. The Labute approximate surface area is 194 Å². The van der Waals surface area contributed by atoms with E-state index in [1.54, 1.807) is 6.07 Å². The topological polar surface area (TPSA) is 91.0 Å². The first kappa shape index (κ1) is 24.7. The van der Waals surface area contributed by atoms with Crippen molar-refractivity contribution >= 4 is 39.1 Å². The molecule has 2 aliphatic rings. The molecule has 2 aliphatic heterocycles. The third-order valence-electron chi connectivity index (χ3n) is 5.48. The molecular formula is C20H30Cl2N4O4S. The molecule has 1 atom stereocenters. The highest BCUT2D eigenvalue weighted by atomic mass is 35.5. The van der Waals surface area contributed by atoms with Crippen LogP contribution in [0.15, 0.2) is 18.2 Å². The first-order chi connectivity index (χ1) is 14.7. The molecule has 1 amide bonds. The highest BCUT2D eigenvalue weighted by Gasteiger charge is 2.24. The summed E-state index contributed by atoms with van der Waals surface area (Å²) in [4.78, 5) is 16.7. The van der Waals surface area contributed by atoms with Crippen LogP contribution in [0.2, 0.25) is 10.0 Å². The van der Waals surface area contributed by atoms with Gasteiger partial charge >= 0.3 is 0 Å². The van der Waals surface area contributed by atoms with E-state index in [2.05, 4.69) is 14.9 Å². The van der Waals surface area contributed by atoms with Gasteiger partial charge in [0.05, 0.1) is 35.6 Å². The van der Waals surface area contributed by atoms with Crippen LogP contribution in [-0.2, 0) is 26.1 Å². The highest BCUT2D eigenvalue weighted by Crippen LogP contribution is 2.23. The van der Waals surface area contributed by atoms with Gasteiger partial charge in [0.25, 0.3) is 0 Å². The number of nitrogens with one attached hydrogen (secondary N) is 2. The Balaban J connectivity index is 1.36. The molecule has 8 nitrogen and oxygen atoms in total. The Hall–Kier alpha value is -0.940. The summed E-state index contributed by atoms with van der Waals surface area (Å²) in [6.45, 7) is 5.07. The molecule has 3 rings (SSSR count). The van der Waals surface area contributed by atoms with Crippen LogP contribution in [0.5, 0.6) is 0 Å². The maximum Gasteiger partial charge on any atom is 0.234 e. The fourth-order valence-corrected chi connectivity index (χ4v) is 5.10. The van der Waals surface area contributed by atoms with Crippen LogP contribution < -0.4 is 10.0 Å². The van der Waals surface area contributed by atoms with Crippen LogP contribution in [0.25, 0.3) is 0 Å². The van der Waals surface area contributed by atoms with E-state index < -0.39 is 10.0 Å². The SMILES string of the molecule is CS(=O)(=O)NC1CCN(CC(=O)NC[C@H]2CN(Cc3ccc(Cl)c(Cl)c3)CCO2)CC1. The lowest BCUT2D eigenvalue weighted by Crippen LogP contribution is -2.50. The number of likely N-dealkylation sites (tertiary alicyclic amines) is 1. The van der Waals surface area contributed by atoms with E-state index in [9.17, 15) is 13.2 Å². The first-order valence-electron chi connectivity index (χ1n) is 10.4. The molecule has 174 valence electrons. The number of morpholine rings is 1. The van der Waals surface area contributed by atoms with Gasteiger partial charge in [0.15, 0.2) is 0 Å². The van der Waals surface area contributed by atoms with Crippen LogP contribution in [0.4, 0.5) is 0 Å². The van der Waals surface area contributed by atoms with Gasteiger partial charge in [0, 0.05) is 45.3 Å². The van der Waals surface area contributed by atoms with Gasteiger partial charge in [-0.3, -0.25) is 14.6 Å². The van der Waals surface area contributed by atoms with E-state index in [1.807, 2.05) is 17.0 Å². The highest BCUT2D eigenvalue weighted by molar-refractivity contribution is 7.88. The smallest absolute Gasteiger partial charge is 0.234 e. The molecule has 2 fully saturated rings. The van der Waals surface area contributed by atoms with Gasteiger partial charge in [-0.15, -0.1) is 0 Å². The van der Waals surface area contributed by atoms with Gasteiger partial charge in [0.2, 0.25) is 15.9 Å². The minimum Gasteiger partial charge on any atom is -0.374 e. The normalized spacial score (nSPS) is 21.8. The Morgan fingerprint density at radius 2 is 1.90 bits per heavy atom. The van der Waals surface area contributed by atoms with E-state index in [0.29, 0.717) is 55.7 Å². The number of hydrogen-bond acceptors (Lipinski definition) is 6. The van der Waals surface area contributed by atoms with Crippen LogP contribution in [0.1, 0.15) is 18.4 Å². The Morgan fingerprint density at radius 3 is 2.58 bits per heavy atom. The second-order valence-electron chi connectivity index (χ2n) is 8.22. The van der Waals surface area contributed by atoms with Gasteiger partial charge in [-0.25, -0.2) is 13.1 Å². The van der Waals surface area contributed by atoms with Crippen LogP contribution >= 0.6 is 23.2 Å². The fraction of sp³-hybridized carbons (Fsp3) is 0.650. The van der Waals surface area contributed by atoms with Crippen molar-refractivity contribution in [3.05, 3.63) is 33.8 Å². The third kappa shape index (κ3) is 8.49. The summed E-state index contributed by atoms with van der Waals surface area (Å²) in [5.74, 6) is -0.0419. The lowest BCUT2D eigenvalue weighted by Gasteiger charge is -2.34. The van der Waals surface area contributed by atoms with Crippen molar-refractivity contribution < 1.29 is 17.9 Å². The summed E-state index contributed by atoms with van der Waals surface area (Å²) in [6, 6.07) is 5.60. The van der Waals surface area contributed by atoms with E-state index in [4.69, 9.17) is 27.9 Å². The predicted octanol–water partition coefficient (Wildman–Crippen LogP) is 1.32. The van der Waals surface area contributed by atoms with Crippen molar-refractivity contribution in [1.29, 1.82) is 0 Å². The molecule has 11 heteroatoms. The number of piperidine rings is 1. The second-order valence-corrected chi connectivity index (χ2v) is 10.8. The van der Waals surface area contributed by atoms with Gasteiger partial charge in [-0.05, 0) is 30.5 Å². The molecule has 2 N–H and O–H groups in total. The van der Waals surface area contributed by atoms with E-state index >= 15 is 0 Å². The summed E-state index contributed by atoms with van der Waals surface area (Å²) < 4.78 is 31.1. The lowest BCUT2D eigenvalue weighted by molar-refractivity contribution is -0.123. The van der Waals surface area contributed by atoms with E-state index in [0.717, 1.165) is 25.2 Å². The van der Waals surface area contributed by atoms with Crippen molar-refractivity contribution in [3.63, 3.8) is 0 Å². The zero-order valence-electron chi connectivity index (χ0n) is 17.6. The minimum atomic E-state index is -3.19. The number of rotatable bonds is 8. The quantitative estimate of drug-likeness (QED) is 0.568. The van der Waals surface area contributed by atoms with E-state index in [1.165, 1.54) is 6.26 Å². The number of hydrogen-bond donors (Lipinski definition) is 2. The number of sulfonamides is 1. The molecule has 0 spiro atoms. The third-order valence-corrected chi connectivity index (χ3v) is 6.98. The average Bonchev–Trinajstić information content (AvgIpc) is 2.70. The van der Waals surface area contributed by atoms with Gasteiger partial charge < -0.3 is 10.1 Å². The number of carbonyl (C=O) groups is 1. The number of benzene rings is 1. The van der Waals surface area contributed by atoms with Crippen molar-refractivity contribution in [3.8, 4) is 0 Å². The molecule has 0 radical (unpaired) electrons. The number of halogens is 2. The zero-order valence-corrected chi connectivity index (χ0v) is 20.0. The monoisotopic (exact) mass is 492 g/mol. The predicted molar refractivity (Wildman–Crippen MR) is 122 cm³/mol. The summed E-state index contributed by atoms with van der Waals surface area (Å²) in [5, 5.41) is 4.06. The maximum absolute atomic E-state index is 12.3. The largest absolute Gasteiger partial charge is 0.374 e. The number of nitrogens with zero attached hydrogens (tertiary/aromatic N) is 2. The number of ether oxygens (including phenoxy) is 1. The molecule has 0 aliphatic carbocycles. The summed E-state index contributed by atoms with van der Waals surface area (Å²) in [5.41, 5.74) is 1.09. The Kier molecular flexibility index (Phi) is 8.98. The van der Waals surface area contributed by atoms with E-state index in [-0.39, 0.29) is 18.1 Å². The van der Waals surface area contributed by atoms with Gasteiger partial charge in [-0.2, -0.15) is 0 Å². The zero-order chi connectivity index (χ0) is 22.4. The molecule has 31 heavy (non-hydrogen) atoms. The average molecular weight is 493 g/mol. The van der Waals surface area contributed by atoms with Crippen molar-refractivity contribution in [2.75, 3.05) is 52.1 Å². The fourth-order valence-electron chi connectivity index (χ4n) is 3.94. The second kappa shape index (κ2) is 11.3. The molecule has 1 aromatic carbocycles. The molecule has 0 aromatic heterocycles. The molecule has 0 bridgehead atoms. The van der Waals surface area contributed by atoms with Crippen molar-refractivity contribution in [2.45, 2.75) is 31.5 Å². The van der Waals surface area contributed by atoms with Crippen molar-refractivity contribution in [2.24, 2.45) is 0 Å². The summed E-state index contributed by atoms with van der Waals surface area (Å²) in [6.07, 6.45) is 2.52. The molecule has 0 saturated carbocycles. The van der Waals surface area contributed by atoms with Crippen molar-refractivity contribution in [1.82, 2.24) is 19.8 Å². The number of amides is 1. The summed E-state index contributed by atoms with van der Waals surface area (Å²) >= 11 is 12.1. The lowest BCUT2D eigenvalue weighted by atomic mass is 10.1. The van der Waals surface area contributed by atoms with Crippen LogP contribution in [0, 0.1) is 0 Å².